The molecule has 0 bridgehead atoms. The van der Waals surface area contributed by atoms with Crippen molar-refractivity contribution >= 4 is 28.5 Å². The standard InChI is InChI=1S/C17H14N4O3/c18-16(22)10-24-12-7-5-11(6-8-12)20-17(23)15-9-19-13-3-1-2-4-14(13)21-15/h1-9H,10H2,(H2,18,22)(H,20,23). The number of carbonyl (C=O) groups is 2. The topological polar surface area (TPSA) is 107 Å². The highest BCUT2D eigenvalue weighted by Crippen LogP contribution is 2.16. The maximum Gasteiger partial charge on any atom is 0.275 e. The lowest BCUT2D eigenvalue weighted by Crippen LogP contribution is -2.20. The first kappa shape index (κ1) is 15.4. The first-order valence-electron chi connectivity index (χ1n) is 7.16. The van der Waals surface area contributed by atoms with Crippen molar-refractivity contribution < 1.29 is 14.3 Å². The minimum Gasteiger partial charge on any atom is -0.484 e. The van der Waals surface area contributed by atoms with Crippen LogP contribution >= 0.6 is 0 Å². The Labute approximate surface area is 137 Å². The van der Waals surface area contributed by atoms with Crippen LogP contribution in [0.2, 0.25) is 0 Å². The summed E-state index contributed by atoms with van der Waals surface area (Å²) in [5.74, 6) is -0.432. The van der Waals surface area contributed by atoms with Gasteiger partial charge in [0.1, 0.15) is 11.4 Å². The van der Waals surface area contributed by atoms with Crippen molar-refractivity contribution in [1.82, 2.24) is 9.97 Å². The van der Waals surface area contributed by atoms with Crippen LogP contribution in [0.1, 0.15) is 10.5 Å². The van der Waals surface area contributed by atoms with E-state index < -0.39 is 5.91 Å². The molecule has 2 aromatic carbocycles. The summed E-state index contributed by atoms with van der Waals surface area (Å²) in [4.78, 5) is 31.4. The molecule has 0 radical (unpaired) electrons. The molecule has 3 N–H and O–H groups in total. The van der Waals surface area contributed by atoms with Gasteiger partial charge >= 0.3 is 0 Å². The minimum absolute atomic E-state index is 0.196. The quantitative estimate of drug-likeness (QED) is 0.744. The molecule has 24 heavy (non-hydrogen) atoms. The van der Waals surface area contributed by atoms with Crippen molar-refractivity contribution in [3.05, 3.63) is 60.4 Å². The lowest BCUT2D eigenvalue weighted by Gasteiger charge is -2.07. The summed E-state index contributed by atoms with van der Waals surface area (Å²) in [6, 6.07) is 13.9. The van der Waals surface area contributed by atoms with Crippen molar-refractivity contribution in [2.24, 2.45) is 5.73 Å². The number of nitrogens with one attached hydrogen (secondary N) is 1. The van der Waals surface area contributed by atoms with Crippen molar-refractivity contribution in [2.45, 2.75) is 0 Å². The first-order chi connectivity index (χ1) is 11.6. The summed E-state index contributed by atoms with van der Waals surface area (Å²) in [6.45, 7) is -0.196. The van der Waals surface area contributed by atoms with E-state index >= 15 is 0 Å². The van der Waals surface area contributed by atoms with E-state index in [0.29, 0.717) is 17.0 Å². The Bertz CT molecular complexity index is 894. The number of carbonyl (C=O) groups excluding carboxylic acids is 2. The average molecular weight is 322 g/mol. The monoisotopic (exact) mass is 322 g/mol. The zero-order valence-corrected chi connectivity index (χ0v) is 12.6. The number of ether oxygens (including phenoxy) is 1. The Morgan fingerprint density at radius 1 is 1.04 bits per heavy atom. The van der Waals surface area contributed by atoms with E-state index in [4.69, 9.17) is 10.5 Å². The van der Waals surface area contributed by atoms with Crippen LogP contribution in [0.15, 0.2) is 54.7 Å². The van der Waals surface area contributed by atoms with E-state index in [1.165, 1.54) is 6.20 Å². The molecule has 0 aliphatic rings. The molecule has 0 fully saturated rings. The fourth-order valence-electron chi connectivity index (χ4n) is 2.05. The molecule has 0 spiro atoms. The van der Waals surface area contributed by atoms with Crippen LogP contribution in [0, 0.1) is 0 Å². The van der Waals surface area contributed by atoms with Crippen molar-refractivity contribution in [2.75, 3.05) is 11.9 Å². The minimum atomic E-state index is -0.553. The van der Waals surface area contributed by atoms with Crippen LogP contribution in [-0.2, 0) is 4.79 Å². The third-order valence-corrected chi connectivity index (χ3v) is 3.17. The van der Waals surface area contributed by atoms with Gasteiger partial charge in [-0.05, 0) is 36.4 Å². The normalized spacial score (nSPS) is 10.3. The van der Waals surface area contributed by atoms with Gasteiger partial charge in [0.2, 0.25) is 0 Å². The van der Waals surface area contributed by atoms with Crippen LogP contribution in [0.4, 0.5) is 5.69 Å². The fourth-order valence-corrected chi connectivity index (χ4v) is 2.05. The van der Waals surface area contributed by atoms with E-state index in [9.17, 15) is 9.59 Å². The molecule has 0 aliphatic carbocycles. The van der Waals surface area contributed by atoms with Gasteiger partial charge in [0, 0.05) is 5.69 Å². The SMILES string of the molecule is NC(=O)COc1ccc(NC(=O)c2cnc3ccccc3n2)cc1. The lowest BCUT2D eigenvalue weighted by atomic mass is 10.2. The molecule has 1 aromatic heterocycles. The van der Waals surface area contributed by atoms with Gasteiger partial charge in [0.25, 0.3) is 11.8 Å². The van der Waals surface area contributed by atoms with Crippen molar-refractivity contribution in [3.8, 4) is 5.75 Å². The Balaban J connectivity index is 1.70. The number of fused-ring (bicyclic) bond motifs is 1. The van der Waals surface area contributed by atoms with Gasteiger partial charge in [-0.1, -0.05) is 12.1 Å². The molecule has 3 rings (SSSR count). The Kier molecular flexibility index (Phi) is 4.33. The molecule has 3 aromatic rings. The lowest BCUT2D eigenvalue weighted by molar-refractivity contribution is -0.119. The predicted octanol–water partition coefficient (Wildman–Crippen LogP) is 1.75. The molecular formula is C17H14N4O3. The van der Waals surface area contributed by atoms with Crippen molar-refractivity contribution in [1.29, 1.82) is 0 Å². The molecular weight excluding hydrogens is 308 g/mol. The van der Waals surface area contributed by atoms with Crippen LogP contribution in [0.5, 0.6) is 5.75 Å². The molecule has 0 unspecified atom stereocenters. The van der Waals surface area contributed by atoms with E-state index in [-0.39, 0.29) is 18.2 Å². The third kappa shape index (κ3) is 3.64. The van der Waals surface area contributed by atoms with Crippen LogP contribution in [0.25, 0.3) is 11.0 Å². The van der Waals surface area contributed by atoms with Gasteiger partial charge < -0.3 is 15.8 Å². The predicted molar refractivity (Wildman–Crippen MR) is 88.6 cm³/mol. The second-order valence-electron chi connectivity index (χ2n) is 4.98. The molecule has 7 heteroatoms. The zero-order valence-electron chi connectivity index (χ0n) is 12.6. The second-order valence-corrected chi connectivity index (χ2v) is 4.98. The highest BCUT2D eigenvalue weighted by Gasteiger charge is 2.09. The summed E-state index contributed by atoms with van der Waals surface area (Å²) >= 11 is 0. The Morgan fingerprint density at radius 3 is 2.46 bits per heavy atom. The number of benzene rings is 2. The second kappa shape index (κ2) is 6.74. The largest absolute Gasteiger partial charge is 0.484 e. The number of primary amides is 1. The average Bonchev–Trinajstić information content (AvgIpc) is 2.60. The highest BCUT2D eigenvalue weighted by atomic mass is 16.5. The number of hydrogen-bond acceptors (Lipinski definition) is 5. The maximum atomic E-state index is 12.3. The number of rotatable bonds is 5. The van der Waals surface area contributed by atoms with Gasteiger partial charge in [-0.2, -0.15) is 0 Å². The molecule has 7 nitrogen and oxygen atoms in total. The van der Waals surface area contributed by atoms with Gasteiger partial charge in [0.05, 0.1) is 17.2 Å². The zero-order chi connectivity index (χ0) is 16.9. The van der Waals surface area contributed by atoms with Gasteiger partial charge in [0.15, 0.2) is 6.61 Å². The number of amides is 2. The van der Waals surface area contributed by atoms with E-state index in [1.807, 2.05) is 18.2 Å². The van der Waals surface area contributed by atoms with Crippen LogP contribution < -0.4 is 15.8 Å². The van der Waals surface area contributed by atoms with Crippen molar-refractivity contribution in [3.63, 3.8) is 0 Å². The number of anilines is 1. The molecule has 0 aliphatic heterocycles. The van der Waals surface area contributed by atoms with Crippen LogP contribution in [0.3, 0.4) is 0 Å². The van der Waals surface area contributed by atoms with Gasteiger partial charge in [-0.3, -0.25) is 14.6 Å². The molecule has 0 atom stereocenters. The van der Waals surface area contributed by atoms with E-state index in [1.54, 1.807) is 30.3 Å². The summed E-state index contributed by atoms with van der Waals surface area (Å²) in [7, 11) is 0. The maximum absolute atomic E-state index is 12.3. The smallest absolute Gasteiger partial charge is 0.275 e. The summed E-state index contributed by atoms with van der Waals surface area (Å²) in [5.41, 5.74) is 7.18. The van der Waals surface area contributed by atoms with E-state index in [0.717, 1.165) is 5.52 Å². The van der Waals surface area contributed by atoms with E-state index in [2.05, 4.69) is 15.3 Å². The number of nitrogens with zero attached hydrogens (tertiary/aromatic N) is 2. The number of hydrogen-bond donors (Lipinski definition) is 2. The highest BCUT2D eigenvalue weighted by molar-refractivity contribution is 6.03. The summed E-state index contributed by atoms with van der Waals surface area (Å²) in [5, 5.41) is 2.73. The summed E-state index contributed by atoms with van der Waals surface area (Å²) in [6.07, 6.45) is 1.43. The fraction of sp³-hybridized carbons (Fsp3) is 0.0588. The molecule has 120 valence electrons. The number of para-hydroxylation sites is 2. The molecule has 0 saturated heterocycles. The third-order valence-electron chi connectivity index (χ3n) is 3.17. The molecule has 1 heterocycles. The number of nitrogens with two attached hydrogens (primary N) is 1. The Hall–Kier alpha value is -3.48. The van der Waals surface area contributed by atoms with Gasteiger partial charge in [-0.25, -0.2) is 4.98 Å². The molecule has 2 amide bonds. The first-order valence-corrected chi connectivity index (χ1v) is 7.16. The summed E-state index contributed by atoms with van der Waals surface area (Å²) < 4.78 is 5.15. The molecule has 0 saturated carbocycles. The number of aromatic nitrogens is 2. The Morgan fingerprint density at radius 2 is 1.75 bits per heavy atom. The van der Waals surface area contributed by atoms with Crippen LogP contribution in [-0.4, -0.2) is 28.4 Å². The van der Waals surface area contributed by atoms with Gasteiger partial charge in [-0.15, -0.1) is 0 Å².